The molecular weight excluding hydrogens is 641 g/mol. The molecule has 250 valence electrons. The van der Waals surface area contributed by atoms with E-state index in [4.69, 9.17) is 9.97 Å². The fourth-order valence-corrected chi connectivity index (χ4v) is 8.57. The lowest BCUT2D eigenvalue weighted by atomic mass is 9.78. The molecule has 0 saturated heterocycles. The number of hydrogen-bond donors (Lipinski definition) is 0. The van der Waals surface area contributed by atoms with Crippen molar-refractivity contribution in [2.24, 2.45) is 0 Å². The highest BCUT2D eigenvalue weighted by molar-refractivity contribution is 6.06. The minimum Gasteiger partial charge on any atom is -0.228 e. The lowest BCUT2D eigenvalue weighted by Gasteiger charge is -2.25. The molecule has 0 atom stereocenters. The van der Waals surface area contributed by atoms with E-state index in [0.717, 1.165) is 33.5 Å². The van der Waals surface area contributed by atoms with Crippen molar-refractivity contribution >= 4 is 21.5 Å². The Kier molecular flexibility index (Phi) is 7.19. The highest BCUT2D eigenvalue weighted by Gasteiger charge is 2.37. The molecule has 0 unspecified atom stereocenters. The van der Waals surface area contributed by atoms with Crippen LogP contribution in [0.5, 0.6) is 0 Å². The Morgan fingerprint density at radius 2 is 0.868 bits per heavy atom. The van der Waals surface area contributed by atoms with Gasteiger partial charge in [0.15, 0.2) is 5.82 Å². The van der Waals surface area contributed by atoms with Crippen molar-refractivity contribution in [1.82, 2.24) is 9.97 Å². The molecule has 2 heteroatoms. The van der Waals surface area contributed by atoms with Crippen LogP contribution in [0.1, 0.15) is 25.0 Å². The van der Waals surface area contributed by atoms with Gasteiger partial charge in [0.1, 0.15) is 0 Å². The van der Waals surface area contributed by atoms with Gasteiger partial charge in [-0.3, -0.25) is 0 Å². The van der Waals surface area contributed by atoms with E-state index in [-0.39, 0.29) is 5.41 Å². The van der Waals surface area contributed by atoms with E-state index in [1.807, 2.05) is 6.07 Å². The van der Waals surface area contributed by atoms with E-state index in [1.165, 1.54) is 60.7 Å². The standard InChI is InChI=1S/C51H36N2/c1-51(2)46-25-11-10-21-42(46)44-24-13-23-43(49(44)51)41-30-31-45(40-20-9-8-19-39(40)41)50-52-47(35-15-4-3-5-16-35)32-48(53-50)36-28-26-34(27-29-36)38-22-12-17-33-14-6-7-18-37(33)38/h3-32H,1-2H3. The third-order valence-corrected chi connectivity index (χ3v) is 11.1. The van der Waals surface area contributed by atoms with Crippen molar-refractivity contribution in [3.05, 3.63) is 193 Å². The molecule has 0 spiro atoms. The van der Waals surface area contributed by atoms with Crippen molar-refractivity contribution in [3.8, 4) is 67.3 Å². The van der Waals surface area contributed by atoms with Crippen molar-refractivity contribution in [2.75, 3.05) is 0 Å². The van der Waals surface area contributed by atoms with Crippen molar-refractivity contribution in [3.63, 3.8) is 0 Å². The van der Waals surface area contributed by atoms with Gasteiger partial charge in [-0.2, -0.15) is 0 Å². The highest BCUT2D eigenvalue weighted by atomic mass is 14.9. The normalized spacial score (nSPS) is 12.9. The number of benzene rings is 8. The lowest BCUT2D eigenvalue weighted by molar-refractivity contribution is 0.662. The lowest BCUT2D eigenvalue weighted by Crippen LogP contribution is -2.16. The second kappa shape index (κ2) is 12.3. The van der Waals surface area contributed by atoms with Gasteiger partial charge in [-0.05, 0) is 78.2 Å². The summed E-state index contributed by atoms with van der Waals surface area (Å²) in [5, 5.41) is 4.83. The Morgan fingerprint density at radius 1 is 0.358 bits per heavy atom. The Bertz CT molecular complexity index is 2840. The molecule has 1 heterocycles. The Hall–Kier alpha value is -6.64. The van der Waals surface area contributed by atoms with Crippen LogP contribution in [0.2, 0.25) is 0 Å². The first kappa shape index (κ1) is 31.1. The van der Waals surface area contributed by atoms with E-state index >= 15 is 0 Å². The van der Waals surface area contributed by atoms with Crippen molar-refractivity contribution in [2.45, 2.75) is 19.3 Å². The van der Waals surface area contributed by atoms with E-state index in [1.54, 1.807) is 0 Å². The van der Waals surface area contributed by atoms with Crippen molar-refractivity contribution < 1.29 is 0 Å². The van der Waals surface area contributed by atoms with Crippen LogP contribution >= 0.6 is 0 Å². The summed E-state index contributed by atoms with van der Waals surface area (Å²) in [6.07, 6.45) is 0. The number of hydrogen-bond acceptors (Lipinski definition) is 2. The monoisotopic (exact) mass is 676 g/mol. The molecule has 10 rings (SSSR count). The average Bonchev–Trinajstić information content (AvgIpc) is 3.46. The number of rotatable bonds is 5. The molecule has 1 aliphatic rings. The van der Waals surface area contributed by atoms with Gasteiger partial charge in [0.05, 0.1) is 11.4 Å². The number of nitrogens with zero attached hydrogens (tertiary/aromatic N) is 2. The Morgan fingerprint density at radius 3 is 1.64 bits per heavy atom. The minimum atomic E-state index is -0.118. The number of aromatic nitrogens is 2. The average molecular weight is 677 g/mol. The molecular formula is C51H36N2. The quantitative estimate of drug-likeness (QED) is 0.181. The van der Waals surface area contributed by atoms with Crippen LogP contribution in [-0.4, -0.2) is 9.97 Å². The fraction of sp³-hybridized carbons (Fsp3) is 0.0588. The second-order valence-electron chi connectivity index (χ2n) is 14.5. The Labute approximate surface area is 310 Å². The topological polar surface area (TPSA) is 25.8 Å². The van der Waals surface area contributed by atoms with Crippen LogP contribution in [0.3, 0.4) is 0 Å². The molecule has 0 saturated carbocycles. The van der Waals surface area contributed by atoms with Gasteiger partial charge in [-0.25, -0.2) is 9.97 Å². The summed E-state index contributed by atoms with van der Waals surface area (Å²) in [5.41, 5.74) is 15.2. The highest BCUT2D eigenvalue weighted by Crippen LogP contribution is 2.53. The summed E-state index contributed by atoms with van der Waals surface area (Å²) < 4.78 is 0. The SMILES string of the molecule is CC1(C)c2ccccc2-c2cccc(-c3ccc(-c4nc(-c5ccccc5)cc(-c5ccc(-c6cccc7ccccc67)cc5)n4)c4ccccc34)c21. The van der Waals surface area contributed by atoms with Gasteiger partial charge >= 0.3 is 0 Å². The molecule has 1 aromatic heterocycles. The van der Waals surface area contributed by atoms with Crippen LogP contribution in [0, 0.1) is 0 Å². The van der Waals surface area contributed by atoms with Crippen LogP contribution in [0.25, 0.3) is 88.8 Å². The molecule has 0 aliphatic heterocycles. The zero-order valence-corrected chi connectivity index (χ0v) is 29.7. The van der Waals surface area contributed by atoms with E-state index in [2.05, 4.69) is 190 Å². The molecule has 0 amide bonds. The molecule has 0 radical (unpaired) electrons. The van der Waals surface area contributed by atoms with Gasteiger partial charge in [0, 0.05) is 22.1 Å². The first-order valence-corrected chi connectivity index (χ1v) is 18.3. The van der Waals surface area contributed by atoms with E-state index < -0.39 is 0 Å². The maximum Gasteiger partial charge on any atom is 0.161 e. The summed E-state index contributed by atoms with van der Waals surface area (Å²) >= 11 is 0. The maximum atomic E-state index is 5.30. The molecule has 0 fully saturated rings. The zero-order chi connectivity index (χ0) is 35.5. The molecule has 2 nitrogen and oxygen atoms in total. The molecule has 0 N–H and O–H groups in total. The molecule has 9 aromatic rings. The van der Waals surface area contributed by atoms with Crippen LogP contribution < -0.4 is 0 Å². The van der Waals surface area contributed by atoms with Crippen LogP contribution in [0.15, 0.2) is 182 Å². The predicted molar refractivity (Wildman–Crippen MR) is 222 cm³/mol. The van der Waals surface area contributed by atoms with Gasteiger partial charge in [-0.15, -0.1) is 0 Å². The van der Waals surface area contributed by atoms with Crippen LogP contribution in [0.4, 0.5) is 0 Å². The fourth-order valence-electron chi connectivity index (χ4n) is 8.57. The summed E-state index contributed by atoms with van der Waals surface area (Å²) in [6, 6.07) is 65.3. The summed E-state index contributed by atoms with van der Waals surface area (Å²) in [6.45, 7) is 4.72. The van der Waals surface area contributed by atoms with Gasteiger partial charge in [0.25, 0.3) is 0 Å². The third-order valence-electron chi connectivity index (χ3n) is 11.1. The first-order valence-electron chi connectivity index (χ1n) is 18.3. The first-order chi connectivity index (χ1) is 26.0. The predicted octanol–water partition coefficient (Wildman–Crippen LogP) is 13.4. The van der Waals surface area contributed by atoms with Crippen LogP contribution in [-0.2, 0) is 5.41 Å². The van der Waals surface area contributed by atoms with Gasteiger partial charge in [-0.1, -0.05) is 184 Å². The van der Waals surface area contributed by atoms with Gasteiger partial charge < -0.3 is 0 Å². The molecule has 1 aliphatic carbocycles. The molecule has 53 heavy (non-hydrogen) atoms. The minimum absolute atomic E-state index is 0.118. The van der Waals surface area contributed by atoms with Gasteiger partial charge in [0.2, 0.25) is 0 Å². The largest absolute Gasteiger partial charge is 0.228 e. The zero-order valence-electron chi connectivity index (χ0n) is 29.7. The second-order valence-corrected chi connectivity index (χ2v) is 14.5. The molecule has 0 bridgehead atoms. The summed E-state index contributed by atoms with van der Waals surface area (Å²) in [5.74, 6) is 0.716. The van der Waals surface area contributed by atoms with E-state index in [9.17, 15) is 0 Å². The summed E-state index contributed by atoms with van der Waals surface area (Å²) in [4.78, 5) is 10.5. The molecule has 8 aromatic carbocycles. The smallest absolute Gasteiger partial charge is 0.161 e. The number of fused-ring (bicyclic) bond motifs is 5. The Balaban J connectivity index is 1.12. The summed E-state index contributed by atoms with van der Waals surface area (Å²) in [7, 11) is 0. The van der Waals surface area contributed by atoms with E-state index in [0.29, 0.717) is 5.82 Å². The maximum absolute atomic E-state index is 5.30. The third kappa shape index (κ3) is 5.10. The van der Waals surface area contributed by atoms with Crippen molar-refractivity contribution in [1.29, 1.82) is 0 Å².